The van der Waals surface area contributed by atoms with Gasteiger partial charge in [-0.2, -0.15) is 0 Å². The Morgan fingerprint density at radius 2 is 1.91 bits per heavy atom. The number of aliphatic hydroxyl groups excluding tert-OH is 1. The van der Waals surface area contributed by atoms with Crippen LogP contribution in [0.5, 0.6) is 5.75 Å². The summed E-state index contributed by atoms with van der Waals surface area (Å²) in [5.41, 5.74) is 1.66. The highest BCUT2D eigenvalue weighted by atomic mass is 79.9. The predicted octanol–water partition coefficient (Wildman–Crippen LogP) is 4.09. The molecule has 3 rings (SSSR count). The van der Waals surface area contributed by atoms with Crippen molar-refractivity contribution in [1.29, 1.82) is 0 Å². The summed E-state index contributed by atoms with van der Waals surface area (Å²) in [6, 6.07) is 11.7. The number of nitrogens with zero attached hydrogens (tertiary/aromatic N) is 3. The van der Waals surface area contributed by atoms with Gasteiger partial charge in [-0.05, 0) is 67.6 Å². The van der Waals surface area contributed by atoms with Crippen molar-refractivity contribution in [2.45, 2.75) is 26.2 Å². The zero-order chi connectivity index (χ0) is 24.0. The summed E-state index contributed by atoms with van der Waals surface area (Å²) in [7, 11) is 0. The van der Waals surface area contributed by atoms with Crippen LogP contribution in [0.25, 0.3) is 0 Å². The maximum atomic E-state index is 13.5. The summed E-state index contributed by atoms with van der Waals surface area (Å²) in [6.07, 6.45) is 0. The molecule has 0 radical (unpaired) electrons. The lowest BCUT2D eigenvalue weighted by Gasteiger charge is -2.19. The zero-order valence-electron chi connectivity index (χ0n) is 18.2. The van der Waals surface area contributed by atoms with Gasteiger partial charge in [0.1, 0.15) is 18.3 Å². The van der Waals surface area contributed by atoms with E-state index in [0.717, 1.165) is 5.56 Å². The van der Waals surface area contributed by atoms with Crippen LogP contribution in [-0.2, 0) is 10.2 Å². The van der Waals surface area contributed by atoms with Gasteiger partial charge in [-0.1, -0.05) is 32.9 Å². The molecule has 0 unspecified atom stereocenters. The number of nitrogens with one attached hydrogen (secondary N) is 2. The number of hydrogen-bond donors (Lipinski definition) is 3. The fourth-order valence-corrected chi connectivity index (χ4v) is 3.13. The number of rotatable bonds is 7. The van der Waals surface area contributed by atoms with Gasteiger partial charge in [-0.15, -0.1) is 0 Å². The Hall–Kier alpha value is -3.31. The van der Waals surface area contributed by atoms with Gasteiger partial charge in [0.25, 0.3) is 5.91 Å². The molecule has 0 bridgehead atoms. The maximum Gasteiger partial charge on any atom is 0.263 e. The Balaban J connectivity index is 1.66. The Bertz CT molecular complexity index is 1140. The Kier molecular flexibility index (Phi) is 7.77. The van der Waals surface area contributed by atoms with Gasteiger partial charge in [0.2, 0.25) is 5.82 Å². The second-order valence-electron chi connectivity index (χ2n) is 7.97. The summed E-state index contributed by atoms with van der Waals surface area (Å²) in [5.74, 6) is -0.355. The van der Waals surface area contributed by atoms with Crippen molar-refractivity contribution in [1.82, 2.24) is 10.3 Å². The van der Waals surface area contributed by atoms with Gasteiger partial charge in [-0.25, -0.2) is 14.0 Å². The number of ether oxygens (including phenoxy) is 1. The second-order valence-corrected chi connectivity index (χ2v) is 8.83. The molecule has 3 aromatic rings. The highest BCUT2D eigenvalue weighted by Gasteiger charge is 2.20. The van der Waals surface area contributed by atoms with Crippen LogP contribution < -0.4 is 15.4 Å². The lowest BCUT2D eigenvalue weighted by Crippen LogP contribution is -2.23. The average molecular weight is 520 g/mol. The van der Waals surface area contributed by atoms with Crippen LogP contribution in [0, 0.1) is 5.82 Å². The van der Waals surface area contributed by atoms with Crippen molar-refractivity contribution >= 4 is 39.2 Å². The van der Waals surface area contributed by atoms with E-state index in [1.807, 2.05) is 12.1 Å². The molecule has 9 nitrogen and oxygen atoms in total. The van der Waals surface area contributed by atoms with Crippen molar-refractivity contribution in [3.8, 4) is 5.75 Å². The Morgan fingerprint density at radius 3 is 2.55 bits per heavy atom. The van der Waals surface area contributed by atoms with Crippen LogP contribution >= 0.6 is 15.9 Å². The molecule has 1 aromatic heterocycles. The maximum absolute atomic E-state index is 13.5. The van der Waals surface area contributed by atoms with E-state index in [9.17, 15) is 14.3 Å². The average Bonchev–Trinajstić information content (AvgIpc) is 3.22. The first-order chi connectivity index (χ1) is 15.7. The van der Waals surface area contributed by atoms with Crippen LogP contribution in [0.2, 0.25) is 0 Å². The number of benzene rings is 2. The molecule has 0 atom stereocenters. The van der Waals surface area contributed by atoms with Crippen LogP contribution in [-0.4, -0.2) is 40.5 Å². The van der Waals surface area contributed by atoms with Gasteiger partial charge in [-0.3, -0.25) is 4.79 Å². The number of amidine groups is 1. The van der Waals surface area contributed by atoms with E-state index in [0.29, 0.717) is 11.4 Å². The number of hydrogen-bond acceptors (Lipinski definition) is 7. The van der Waals surface area contributed by atoms with E-state index in [4.69, 9.17) is 9.37 Å². The topological polar surface area (TPSA) is 122 Å². The normalized spacial score (nSPS) is 11.9. The number of anilines is 2. The van der Waals surface area contributed by atoms with E-state index >= 15 is 0 Å². The van der Waals surface area contributed by atoms with Crippen LogP contribution in [0.15, 0.2) is 56.6 Å². The second kappa shape index (κ2) is 10.5. The Morgan fingerprint density at radius 1 is 1.18 bits per heavy atom. The third-order valence-electron chi connectivity index (χ3n) is 4.47. The summed E-state index contributed by atoms with van der Waals surface area (Å²) in [5, 5.41) is 22.1. The van der Waals surface area contributed by atoms with Crippen molar-refractivity contribution < 1.29 is 23.7 Å². The van der Waals surface area contributed by atoms with Gasteiger partial charge in [0, 0.05) is 5.69 Å². The molecule has 3 N–H and O–H groups in total. The minimum atomic E-state index is -0.571. The third-order valence-corrected chi connectivity index (χ3v) is 5.08. The first-order valence-corrected chi connectivity index (χ1v) is 10.7. The van der Waals surface area contributed by atoms with Crippen molar-refractivity contribution in [3.05, 3.63) is 64.0 Å². The minimum absolute atomic E-state index is 0.0120. The van der Waals surface area contributed by atoms with Crippen molar-refractivity contribution in [3.63, 3.8) is 0 Å². The first-order valence-electron chi connectivity index (χ1n) is 9.91. The molecule has 33 heavy (non-hydrogen) atoms. The number of aliphatic hydroxyl groups is 1. The van der Waals surface area contributed by atoms with Crippen LogP contribution in [0.1, 0.15) is 32.0 Å². The molecule has 1 heterocycles. The van der Waals surface area contributed by atoms with Crippen molar-refractivity contribution in [2.75, 3.05) is 24.0 Å². The molecule has 0 spiro atoms. The summed E-state index contributed by atoms with van der Waals surface area (Å²) in [6.45, 7) is 5.48. The molecular weight excluding hydrogens is 497 g/mol. The zero-order valence-corrected chi connectivity index (χ0v) is 19.8. The molecule has 11 heteroatoms. The van der Waals surface area contributed by atoms with Crippen molar-refractivity contribution in [2.24, 2.45) is 4.99 Å². The number of aromatic nitrogens is 2. The van der Waals surface area contributed by atoms with Crippen LogP contribution in [0.4, 0.5) is 15.9 Å². The number of aliphatic imine (C=N–C) groups is 1. The van der Waals surface area contributed by atoms with Gasteiger partial charge < -0.3 is 20.5 Å². The third kappa shape index (κ3) is 6.59. The molecule has 2 aromatic carbocycles. The molecule has 174 valence electrons. The first kappa shape index (κ1) is 24.3. The highest BCUT2D eigenvalue weighted by molar-refractivity contribution is 9.10. The number of carbonyl (C=O) groups excluding carboxylic acids is 1. The SMILES string of the molecule is CC(C)(C)c1ccc(OCC(=O)Nc2nonc2/C(=N/CO)Nc2ccc(F)c(Br)c2)cc1. The molecule has 0 aliphatic rings. The number of halogens is 2. The quantitative estimate of drug-likeness (QED) is 0.317. The fraction of sp³-hybridized carbons (Fsp3) is 0.273. The molecule has 0 aliphatic carbocycles. The lowest BCUT2D eigenvalue weighted by atomic mass is 9.87. The van der Waals surface area contributed by atoms with Gasteiger partial charge in [0.15, 0.2) is 18.1 Å². The minimum Gasteiger partial charge on any atom is -0.484 e. The van der Waals surface area contributed by atoms with E-state index in [1.165, 1.54) is 18.2 Å². The van der Waals surface area contributed by atoms with Gasteiger partial charge in [0.05, 0.1) is 4.47 Å². The summed E-state index contributed by atoms with van der Waals surface area (Å²) in [4.78, 5) is 16.3. The monoisotopic (exact) mass is 519 g/mol. The van der Waals surface area contributed by atoms with E-state index in [2.05, 4.69) is 62.6 Å². The Labute approximate surface area is 198 Å². The smallest absolute Gasteiger partial charge is 0.263 e. The fourth-order valence-electron chi connectivity index (χ4n) is 2.75. The van der Waals surface area contributed by atoms with E-state index in [1.54, 1.807) is 12.1 Å². The molecular formula is C22H23BrFN5O4. The summed E-state index contributed by atoms with van der Waals surface area (Å²) >= 11 is 3.10. The molecule has 0 fully saturated rings. The van der Waals surface area contributed by atoms with Gasteiger partial charge >= 0.3 is 0 Å². The summed E-state index contributed by atoms with van der Waals surface area (Å²) < 4.78 is 24.0. The predicted molar refractivity (Wildman–Crippen MR) is 125 cm³/mol. The number of amides is 1. The molecule has 0 saturated heterocycles. The van der Waals surface area contributed by atoms with E-state index < -0.39 is 18.5 Å². The molecule has 0 aliphatic heterocycles. The molecule has 1 amide bonds. The van der Waals surface area contributed by atoms with E-state index in [-0.39, 0.29) is 33.8 Å². The largest absolute Gasteiger partial charge is 0.484 e. The highest BCUT2D eigenvalue weighted by Crippen LogP contribution is 2.24. The molecule has 0 saturated carbocycles. The number of carbonyl (C=O) groups is 1. The lowest BCUT2D eigenvalue weighted by molar-refractivity contribution is -0.118. The standard InChI is InChI=1S/C22H23BrFN5O4/c1-22(2,3)13-4-7-15(8-5-13)32-11-18(31)27-21-19(28-33-29-21)20(25-12-30)26-14-6-9-17(24)16(23)10-14/h4-10,30H,11-12H2,1-3H3,(H,25,26)(H,27,29,31). The van der Waals surface area contributed by atoms with Crippen LogP contribution in [0.3, 0.4) is 0 Å².